The Kier molecular flexibility index (Phi) is 4.44. The summed E-state index contributed by atoms with van der Waals surface area (Å²) in [6, 6.07) is 9.17. The molecule has 0 aliphatic heterocycles. The van der Waals surface area contributed by atoms with Gasteiger partial charge in [0, 0.05) is 6.54 Å². The van der Waals surface area contributed by atoms with Gasteiger partial charge in [0.05, 0.1) is 4.88 Å². The van der Waals surface area contributed by atoms with E-state index < -0.39 is 11.9 Å². The van der Waals surface area contributed by atoms with Gasteiger partial charge in [0.1, 0.15) is 6.61 Å². The number of hydrogen-bond donors (Lipinski definition) is 2. The Hall–Kier alpha value is -2.25. The molecule has 0 saturated heterocycles. The lowest BCUT2D eigenvalue weighted by atomic mass is 10.2. The fraction of sp³-hybridized carbons (Fsp3) is 0.154. The number of aromatic carboxylic acids is 1. The first kappa shape index (κ1) is 14.2. The number of carbonyl (C=O) groups is 2. The lowest BCUT2D eigenvalue weighted by molar-refractivity contribution is 0.0472. The van der Waals surface area contributed by atoms with Crippen LogP contribution in [0.3, 0.4) is 0 Å². The van der Waals surface area contributed by atoms with Crippen molar-refractivity contribution in [3.05, 3.63) is 51.5 Å². The van der Waals surface area contributed by atoms with Gasteiger partial charge >= 0.3 is 11.9 Å². The summed E-state index contributed by atoms with van der Waals surface area (Å²) in [5, 5.41) is 8.94. The zero-order chi connectivity index (χ0) is 14.5. The minimum absolute atomic E-state index is 0.00113. The molecular formula is C13H12N2O4S. The Balaban J connectivity index is 2.08. The Bertz CT molecular complexity index is 625. The highest BCUT2D eigenvalue weighted by Gasteiger charge is 2.21. The van der Waals surface area contributed by atoms with Crippen LogP contribution in [0, 0.1) is 0 Å². The summed E-state index contributed by atoms with van der Waals surface area (Å²) in [6.07, 6.45) is 0. The SMILES string of the molecule is NCc1sc(C(=O)OCc2ccccc2)nc1C(=O)O. The number of benzene rings is 1. The molecule has 0 fully saturated rings. The second-order valence-electron chi connectivity index (χ2n) is 3.86. The van der Waals surface area contributed by atoms with E-state index in [0.29, 0.717) is 4.88 Å². The molecule has 7 heteroatoms. The minimum Gasteiger partial charge on any atom is -0.476 e. The van der Waals surface area contributed by atoms with Crippen LogP contribution in [0.5, 0.6) is 0 Å². The van der Waals surface area contributed by atoms with Crippen molar-refractivity contribution in [3.63, 3.8) is 0 Å². The van der Waals surface area contributed by atoms with Crippen molar-refractivity contribution in [2.24, 2.45) is 5.73 Å². The van der Waals surface area contributed by atoms with Crippen molar-refractivity contribution in [2.45, 2.75) is 13.2 Å². The molecule has 20 heavy (non-hydrogen) atoms. The minimum atomic E-state index is -1.20. The number of ether oxygens (including phenoxy) is 1. The number of carboxylic acids is 1. The van der Waals surface area contributed by atoms with Gasteiger partial charge in [0.2, 0.25) is 5.01 Å². The fourth-order valence-electron chi connectivity index (χ4n) is 1.53. The molecule has 3 N–H and O–H groups in total. The number of nitrogens with zero attached hydrogens (tertiary/aromatic N) is 1. The molecule has 0 atom stereocenters. The lowest BCUT2D eigenvalue weighted by Crippen LogP contribution is -2.07. The number of carbonyl (C=O) groups excluding carboxylic acids is 1. The molecule has 0 bridgehead atoms. The van der Waals surface area contributed by atoms with Gasteiger partial charge in [-0.3, -0.25) is 0 Å². The Morgan fingerprint density at radius 1 is 1.30 bits per heavy atom. The Morgan fingerprint density at radius 3 is 2.55 bits per heavy atom. The monoisotopic (exact) mass is 292 g/mol. The first-order valence-corrected chi connectivity index (χ1v) is 6.57. The van der Waals surface area contributed by atoms with Crippen LogP contribution >= 0.6 is 11.3 Å². The van der Waals surface area contributed by atoms with E-state index in [9.17, 15) is 9.59 Å². The van der Waals surface area contributed by atoms with Crippen LogP contribution in [0.15, 0.2) is 30.3 Å². The number of carboxylic acid groups (broad SMARTS) is 1. The van der Waals surface area contributed by atoms with Gasteiger partial charge in [-0.1, -0.05) is 30.3 Å². The third-order valence-corrected chi connectivity index (χ3v) is 3.53. The highest BCUT2D eigenvalue weighted by atomic mass is 32.1. The van der Waals surface area contributed by atoms with Gasteiger partial charge in [-0.2, -0.15) is 0 Å². The van der Waals surface area contributed by atoms with Gasteiger partial charge < -0.3 is 15.6 Å². The zero-order valence-corrected chi connectivity index (χ0v) is 11.2. The third-order valence-electron chi connectivity index (χ3n) is 2.47. The largest absolute Gasteiger partial charge is 0.476 e. The molecule has 0 spiro atoms. The maximum Gasteiger partial charge on any atom is 0.367 e. The van der Waals surface area contributed by atoms with Crippen LogP contribution in [0.4, 0.5) is 0 Å². The maximum atomic E-state index is 11.8. The summed E-state index contributed by atoms with van der Waals surface area (Å²) < 4.78 is 5.08. The van der Waals surface area contributed by atoms with E-state index in [0.717, 1.165) is 16.9 Å². The summed E-state index contributed by atoms with van der Waals surface area (Å²) >= 11 is 0.940. The van der Waals surface area contributed by atoms with Crippen molar-refractivity contribution in [1.82, 2.24) is 4.98 Å². The van der Waals surface area contributed by atoms with Crippen LogP contribution in [-0.2, 0) is 17.9 Å². The van der Waals surface area contributed by atoms with Gasteiger partial charge in [0.15, 0.2) is 5.69 Å². The van der Waals surface area contributed by atoms with E-state index in [1.165, 1.54) is 0 Å². The normalized spacial score (nSPS) is 10.2. The second kappa shape index (κ2) is 6.27. The molecule has 6 nitrogen and oxygen atoms in total. The quantitative estimate of drug-likeness (QED) is 0.812. The molecule has 0 amide bonds. The van der Waals surface area contributed by atoms with Crippen LogP contribution in [0.25, 0.3) is 0 Å². The van der Waals surface area contributed by atoms with Crippen molar-refractivity contribution < 1.29 is 19.4 Å². The predicted molar refractivity (Wildman–Crippen MR) is 72.5 cm³/mol. The Morgan fingerprint density at radius 2 is 2.00 bits per heavy atom. The number of thiazole rings is 1. The van der Waals surface area contributed by atoms with Crippen LogP contribution in [-0.4, -0.2) is 22.0 Å². The highest BCUT2D eigenvalue weighted by Crippen LogP contribution is 2.19. The van der Waals surface area contributed by atoms with E-state index in [1.54, 1.807) is 0 Å². The molecule has 1 heterocycles. The summed E-state index contributed by atoms with van der Waals surface area (Å²) in [5.74, 6) is -1.86. The molecule has 0 unspecified atom stereocenters. The molecule has 0 aliphatic carbocycles. The Labute approximate surface area is 118 Å². The number of aromatic nitrogens is 1. The maximum absolute atomic E-state index is 11.8. The van der Waals surface area contributed by atoms with Crippen molar-refractivity contribution in [3.8, 4) is 0 Å². The van der Waals surface area contributed by atoms with Crippen molar-refractivity contribution >= 4 is 23.3 Å². The molecule has 104 valence electrons. The highest BCUT2D eigenvalue weighted by molar-refractivity contribution is 7.13. The topological polar surface area (TPSA) is 103 Å². The smallest absolute Gasteiger partial charge is 0.367 e. The van der Waals surface area contributed by atoms with Crippen LogP contribution in [0.2, 0.25) is 0 Å². The fourth-order valence-corrected chi connectivity index (χ4v) is 2.35. The summed E-state index contributed by atoms with van der Waals surface area (Å²) in [4.78, 5) is 26.9. The first-order chi connectivity index (χ1) is 9.61. The summed E-state index contributed by atoms with van der Waals surface area (Å²) in [7, 11) is 0. The molecule has 0 aliphatic rings. The number of nitrogens with two attached hydrogens (primary N) is 1. The second-order valence-corrected chi connectivity index (χ2v) is 4.95. The van der Waals surface area contributed by atoms with Crippen molar-refractivity contribution in [2.75, 3.05) is 0 Å². The first-order valence-electron chi connectivity index (χ1n) is 5.76. The lowest BCUT2D eigenvalue weighted by Gasteiger charge is -2.02. The number of hydrogen-bond acceptors (Lipinski definition) is 6. The molecule has 2 aromatic rings. The van der Waals surface area contributed by atoms with Crippen LogP contribution in [0.1, 0.15) is 30.7 Å². The molecule has 2 rings (SSSR count). The standard InChI is InChI=1S/C13H12N2O4S/c14-6-9-10(12(16)17)15-11(20-9)13(18)19-7-8-4-2-1-3-5-8/h1-5H,6-7,14H2,(H,16,17). The zero-order valence-electron chi connectivity index (χ0n) is 10.4. The van der Waals surface area contributed by atoms with Crippen LogP contribution < -0.4 is 5.73 Å². The summed E-state index contributed by atoms with van der Waals surface area (Å²) in [6.45, 7) is 0.130. The van der Waals surface area contributed by atoms with Gasteiger partial charge in [0.25, 0.3) is 0 Å². The molecule has 1 aromatic carbocycles. The molecular weight excluding hydrogens is 280 g/mol. The third kappa shape index (κ3) is 3.19. The van der Waals surface area contributed by atoms with E-state index in [4.69, 9.17) is 15.6 Å². The van der Waals surface area contributed by atoms with E-state index in [-0.39, 0.29) is 23.9 Å². The van der Waals surface area contributed by atoms with Crippen molar-refractivity contribution in [1.29, 1.82) is 0 Å². The average molecular weight is 292 g/mol. The molecule has 1 aromatic heterocycles. The number of esters is 1. The van der Waals surface area contributed by atoms with E-state index in [2.05, 4.69) is 4.98 Å². The molecule has 0 saturated carbocycles. The van der Waals surface area contributed by atoms with Gasteiger partial charge in [-0.25, -0.2) is 14.6 Å². The average Bonchev–Trinajstić information content (AvgIpc) is 2.90. The molecule has 0 radical (unpaired) electrons. The predicted octanol–water partition coefficient (Wildman–Crippen LogP) is 1.66. The summed E-state index contributed by atoms with van der Waals surface area (Å²) in [5.41, 5.74) is 6.07. The number of rotatable bonds is 5. The van der Waals surface area contributed by atoms with E-state index in [1.807, 2.05) is 30.3 Å². The van der Waals surface area contributed by atoms with Gasteiger partial charge in [-0.05, 0) is 5.56 Å². The van der Waals surface area contributed by atoms with E-state index >= 15 is 0 Å². The van der Waals surface area contributed by atoms with Gasteiger partial charge in [-0.15, -0.1) is 11.3 Å².